The van der Waals surface area contributed by atoms with Crippen molar-refractivity contribution in [2.75, 3.05) is 0 Å². The summed E-state index contributed by atoms with van der Waals surface area (Å²) in [6.45, 7) is 2.01. The van der Waals surface area contributed by atoms with Gasteiger partial charge in [-0.25, -0.2) is 0 Å². The summed E-state index contributed by atoms with van der Waals surface area (Å²) in [7, 11) is 0. The van der Waals surface area contributed by atoms with Crippen LogP contribution in [0.3, 0.4) is 0 Å². The van der Waals surface area contributed by atoms with Gasteiger partial charge in [0.2, 0.25) is 0 Å². The number of nitrogens with zero attached hydrogens (tertiary/aromatic N) is 1. The van der Waals surface area contributed by atoms with E-state index in [-0.39, 0.29) is 0 Å². The summed E-state index contributed by atoms with van der Waals surface area (Å²) in [5.41, 5.74) is 14.5. The van der Waals surface area contributed by atoms with E-state index < -0.39 is 0 Å². The smallest absolute Gasteiger partial charge is 0.115 e. The SMILES string of the molecule is Cc1cncc(C2=CC=C(N)NN2)c1. The molecule has 0 radical (unpaired) electrons. The van der Waals surface area contributed by atoms with Crippen LogP contribution >= 0.6 is 0 Å². The molecular formula is C10H12N4. The van der Waals surface area contributed by atoms with Crippen molar-refractivity contribution in [3.8, 4) is 0 Å². The van der Waals surface area contributed by atoms with Gasteiger partial charge in [0.25, 0.3) is 0 Å². The van der Waals surface area contributed by atoms with E-state index in [1.165, 1.54) is 0 Å². The van der Waals surface area contributed by atoms with Crippen LogP contribution in [0, 0.1) is 6.92 Å². The van der Waals surface area contributed by atoms with Crippen molar-refractivity contribution < 1.29 is 0 Å². The molecule has 1 aromatic heterocycles. The molecule has 0 aliphatic carbocycles. The standard InChI is InChI=1S/C10H12N4/c1-7-4-8(6-12-5-7)9-2-3-10(11)14-13-9/h2-6,13-14H,11H2,1H3. The lowest BCUT2D eigenvalue weighted by Crippen LogP contribution is -2.35. The van der Waals surface area contributed by atoms with Gasteiger partial charge in [-0.3, -0.25) is 15.8 Å². The van der Waals surface area contributed by atoms with Crippen LogP contribution in [0.25, 0.3) is 5.70 Å². The number of hydrazine groups is 1. The van der Waals surface area contributed by atoms with E-state index in [1.807, 2.05) is 31.5 Å². The lowest BCUT2D eigenvalue weighted by molar-refractivity contribution is 0.726. The molecule has 4 nitrogen and oxygen atoms in total. The maximum Gasteiger partial charge on any atom is 0.115 e. The predicted octanol–water partition coefficient (Wildman–Crippen LogP) is 0.639. The molecule has 72 valence electrons. The molecule has 0 bridgehead atoms. The fourth-order valence-corrected chi connectivity index (χ4v) is 1.27. The minimum Gasteiger partial charge on any atom is -0.384 e. The molecule has 1 aliphatic rings. The molecule has 0 atom stereocenters. The first-order valence-corrected chi connectivity index (χ1v) is 4.37. The number of hydrogen-bond donors (Lipinski definition) is 3. The van der Waals surface area contributed by atoms with Gasteiger partial charge < -0.3 is 5.73 Å². The molecule has 1 aliphatic heterocycles. The third-order valence-corrected chi connectivity index (χ3v) is 1.96. The van der Waals surface area contributed by atoms with Crippen molar-refractivity contribution in [2.24, 2.45) is 5.73 Å². The molecule has 4 heteroatoms. The molecule has 0 saturated carbocycles. The number of allylic oxidation sites excluding steroid dienone is 2. The van der Waals surface area contributed by atoms with Gasteiger partial charge in [-0.15, -0.1) is 0 Å². The van der Waals surface area contributed by atoms with Gasteiger partial charge in [-0.05, 0) is 30.7 Å². The first-order chi connectivity index (χ1) is 6.75. The summed E-state index contributed by atoms with van der Waals surface area (Å²) in [4.78, 5) is 4.12. The minimum absolute atomic E-state index is 0.606. The van der Waals surface area contributed by atoms with E-state index in [4.69, 9.17) is 5.73 Å². The number of hydrogen-bond acceptors (Lipinski definition) is 4. The highest BCUT2D eigenvalue weighted by Crippen LogP contribution is 2.12. The fraction of sp³-hybridized carbons (Fsp3) is 0.100. The summed E-state index contributed by atoms with van der Waals surface area (Å²) < 4.78 is 0. The van der Waals surface area contributed by atoms with Gasteiger partial charge in [0.1, 0.15) is 5.82 Å². The Morgan fingerprint density at radius 2 is 2.07 bits per heavy atom. The van der Waals surface area contributed by atoms with Gasteiger partial charge in [0.15, 0.2) is 0 Å². The van der Waals surface area contributed by atoms with Crippen LogP contribution in [0.4, 0.5) is 0 Å². The number of nitrogens with two attached hydrogens (primary N) is 1. The largest absolute Gasteiger partial charge is 0.384 e. The maximum absolute atomic E-state index is 5.53. The Labute approximate surface area is 82.5 Å². The van der Waals surface area contributed by atoms with Crippen LogP contribution in [0.2, 0.25) is 0 Å². The van der Waals surface area contributed by atoms with Crippen molar-refractivity contribution >= 4 is 5.70 Å². The van der Waals surface area contributed by atoms with Crippen LogP contribution < -0.4 is 16.6 Å². The molecule has 0 aromatic carbocycles. The number of pyridine rings is 1. The predicted molar refractivity (Wildman–Crippen MR) is 55.5 cm³/mol. The first kappa shape index (κ1) is 8.62. The summed E-state index contributed by atoms with van der Waals surface area (Å²) in [6, 6.07) is 2.06. The van der Waals surface area contributed by atoms with Crippen molar-refractivity contribution in [1.29, 1.82) is 0 Å². The summed E-state index contributed by atoms with van der Waals surface area (Å²) in [5, 5.41) is 0. The zero-order valence-corrected chi connectivity index (χ0v) is 7.91. The fourth-order valence-electron chi connectivity index (χ4n) is 1.27. The van der Waals surface area contributed by atoms with Crippen LogP contribution in [0.5, 0.6) is 0 Å². The highest BCUT2D eigenvalue weighted by molar-refractivity contribution is 5.66. The molecule has 0 fully saturated rings. The molecule has 2 heterocycles. The second kappa shape index (κ2) is 3.41. The second-order valence-electron chi connectivity index (χ2n) is 3.20. The maximum atomic E-state index is 5.53. The average molecular weight is 188 g/mol. The Morgan fingerprint density at radius 3 is 2.71 bits per heavy atom. The first-order valence-electron chi connectivity index (χ1n) is 4.37. The molecule has 0 unspecified atom stereocenters. The Bertz CT molecular complexity index is 406. The van der Waals surface area contributed by atoms with Gasteiger partial charge in [0.05, 0.1) is 5.70 Å². The molecule has 0 amide bonds. The topological polar surface area (TPSA) is 63.0 Å². The van der Waals surface area contributed by atoms with Gasteiger partial charge >= 0.3 is 0 Å². The van der Waals surface area contributed by atoms with Crippen LogP contribution in [0.1, 0.15) is 11.1 Å². The minimum atomic E-state index is 0.606. The molecule has 14 heavy (non-hydrogen) atoms. The summed E-state index contributed by atoms with van der Waals surface area (Å²) in [6.07, 6.45) is 7.36. The third-order valence-electron chi connectivity index (χ3n) is 1.96. The van der Waals surface area contributed by atoms with Crippen LogP contribution in [-0.4, -0.2) is 4.98 Å². The van der Waals surface area contributed by atoms with E-state index in [0.29, 0.717) is 5.82 Å². The van der Waals surface area contributed by atoms with Crippen LogP contribution in [-0.2, 0) is 0 Å². The zero-order chi connectivity index (χ0) is 9.97. The lowest BCUT2D eigenvalue weighted by Gasteiger charge is -2.16. The van der Waals surface area contributed by atoms with E-state index in [1.54, 1.807) is 0 Å². The van der Waals surface area contributed by atoms with Crippen molar-refractivity contribution in [1.82, 2.24) is 15.8 Å². The molecule has 2 rings (SSSR count). The Hall–Kier alpha value is -1.97. The summed E-state index contributed by atoms with van der Waals surface area (Å²) >= 11 is 0. The molecule has 0 spiro atoms. The Morgan fingerprint density at radius 1 is 1.21 bits per heavy atom. The zero-order valence-electron chi connectivity index (χ0n) is 7.91. The number of nitrogens with one attached hydrogen (secondary N) is 2. The van der Waals surface area contributed by atoms with E-state index >= 15 is 0 Å². The normalized spacial score (nSPS) is 14.9. The van der Waals surface area contributed by atoms with E-state index in [9.17, 15) is 0 Å². The van der Waals surface area contributed by atoms with Gasteiger partial charge in [-0.2, -0.15) is 0 Å². The number of aryl methyl sites for hydroxylation is 1. The van der Waals surface area contributed by atoms with Gasteiger partial charge in [0, 0.05) is 18.0 Å². The van der Waals surface area contributed by atoms with Gasteiger partial charge in [-0.1, -0.05) is 0 Å². The van der Waals surface area contributed by atoms with Crippen molar-refractivity contribution in [3.05, 3.63) is 47.6 Å². The molecule has 0 saturated heterocycles. The molecule has 4 N–H and O–H groups in total. The lowest BCUT2D eigenvalue weighted by atomic mass is 10.1. The summed E-state index contributed by atoms with van der Waals surface area (Å²) in [5.74, 6) is 0.606. The Balaban J connectivity index is 2.32. The van der Waals surface area contributed by atoms with Crippen LogP contribution in [0.15, 0.2) is 36.4 Å². The monoisotopic (exact) mass is 188 g/mol. The second-order valence-corrected chi connectivity index (χ2v) is 3.20. The third kappa shape index (κ3) is 1.69. The highest BCUT2D eigenvalue weighted by Gasteiger charge is 2.04. The molecule has 1 aromatic rings. The quantitative estimate of drug-likeness (QED) is 0.605. The van der Waals surface area contributed by atoms with E-state index in [0.717, 1.165) is 16.8 Å². The van der Waals surface area contributed by atoms with E-state index in [2.05, 4.69) is 21.9 Å². The number of rotatable bonds is 1. The molecular weight excluding hydrogens is 176 g/mol. The van der Waals surface area contributed by atoms with Crippen molar-refractivity contribution in [2.45, 2.75) is 6.92 Å². The van der Waals surface area contributed by atoms with Crippen molar-refractivity contribution in [3.63, 3.8) is 0 Å². The average Bonchev–Trinajstić information content (AvgIpc) is 2.19. The number of aromatic nitrogens is 1. The Kier molecular flexibility index (Phi) is 2.10. The highest BCUT2D eigenvalue weighted by atomic mass is 15.4.